The topological polar surface area (TPSA) is 131 Å². The molecule has 0 bridgehead atoms. The molecule has 0 aromatic heterocycles. The molecule has 2 atom stereocenters. The lowest BCUT2D eigenvalue weighted by molar-refractivity contribution is -0.180. The van der Waals surface area contributed by atoms with Gasteiger partial charge in [0.2, 0.25) is 0 Å². The standard InChI is InChI=1S/C13H19N3O6S/c1-4-22-9(17)8-7(2)16(15-11(14)19)13(20)6-23-5-12(8,13)10(18)21-3/h20H,4-6H2,1-3H3,(H3,14,15,19). The second kappa shape index (κ2) is 5.93. The van der Waals surface area contributed by atoms with Crippen LogP contribution in [0.3, 0.4) is 0 Å². The van der Waals surface area contributed by atoms with Gasteiger partial charge in [-0.15, -0.1) is 0 Å². The van der Waals surface area contributed by atoms with Crippen LogP contribution in [0.15, 0.2) is 11.3 Å². The van der Waals surface area contributed by atoms with Crippen molar-refractivity contribution in [2.24, 2.45) is 11.1 Å². The number of nitrogens with one attached hydrogen (secondary N) is 1. The van der Waals surface area contributed by atoms with Gasteiger partial charge in [0.15, 0.2) is 11.1 Å². The van der Waals surface area contributed by atoms with E-state index in [0.29, 0.717) is 0 Å². The number of hydrogen-bond acceptors (Lipinski definition) is 8. The molecule has 0 aromatic carbocycles. The van der Waals surface area contributed by atoms with Crippen molar-refractivity contribution in [1.29, 1.82) is 0 Å². The summed E-state index contributed by atoms with van der Waals surface area (Å²) in [5.74, 6) is -1.34. The highest BCUT2D eigenvalue weighted by molar-refractivity contribution is 7.99. The molecule has 2 aliphatic rings. The van der Waals surface area contributed by atoms with E-state index in [9.17, 15) is 19.5 Å². The lowest BCUT2D eigenvalue weighted by atomic mass is 9.75. The van der Waals surface area contributed by atoms with E-state index in [0.717, 1.165) is 5.01 Å². The lowest BCUT2D eigenvalue weighted by Gasteiger charge is -2.40. The summed E-state index contributed by atoms with van der Waals surface area (Å²) in [6, 6.07) is -0.932. The van der Waals surface area contributed by atoms with Crippen LogP contribution in [0.5, 0.6) is 0 Å². The number of aliphatic hydroxyl groups is 1. The minimum absolute atomic E-state index is 0.0348. The summed E-state index contributed by atoms with van der Waals surface area (Å²) < 4.78 is 9.87. The Morgan fingerprint density at radius 3 is 2.61 bits per heavy atom. The van der Waals surface area contributed by atoms with Crippen LogP contribution in [0.2, 0.25) is 0 Å². The monoisotopic (exact) mass is 345 g/mol. The van der Waals surface area contributed by atoms with Gasteiger partial charge in [-0.3, -0.25) is 9.80 Å². The van der Waals surface area contributed by atoms with E-state index in [1.807, 2.05) is 0 Å². The van der Waals surface area contributed by atoms with Gasteiger partial charge in [0.1, 0.15) is 0 Å². The summed E-state index contributed by atoms with van der Waals surface area (Å²) in [5, 5.41) is 12.2. The van der Waals surface area contributed by atoms with Crippen molar-refractivity contribution in [3.8, 4) is 0 Å². The number of fused-ring (bicyclic) bond motifs is 1. The van der Waals surface area contributed by atoms with Gasteiger partial charge in [0.05, 0.1) is 19.3 Å². The molecule has 9 nitrogen and oxygen atoms in total. The third kappa shape index (κ3) is 2.24. The van der Waals surface area contributed by atoms with E-state index in [4.69, 9.17) is 15.2 Å². The number of carbonyl (C=O) groups is 3. The normalized spacial score (nSPS) is 29.3. The Morgan fingerprint density at radius 2 is 2.09 bits per heavy atom. The summed E-state index contributed by atoms with van der Waals surface area (Å²) in [4.78, 5) is 36.2. The molecule has 1 saturated heterocycles. The fourth-order valence-corrected chi connectivity index (χ4v) is 4.68. The predicted octanol–water partition coefficient (Wildman–Crippen LogP) is -0.683. The zero-order valence-electron chi connectivity index (χ0n) is 13.0. The molecule has 2 heterocycles. The number of rotatable bonds is 4. The molecule has 0 radical (unpaired) electrons. The van der Waals surface area contributed by atoms with Gasteiger partial charge in [-0.2, -0.15) is 11.8 Å². The minimum Gasteiger partial charge on any atom is -0.468 e. The highest BCUT2D eigenvalue weighted by Gasteiger charge is 2.72. The highest BCUT2D eigenvalue weighted by Crippen LogP contribution is 2.57. The van der Waals surface area contributed by atoms with Gasteiger partial charge in [0.25, 0.3) is 0 Å². The molecule has 4 N–H and O–H groups in total. The fraction of sp³-hybridized carbons (Fsp3) is 0.615. The van der Waals surface area contributed by atoms with Gasteiger partial charge in [-0.1, -0.05) is 0 Å². The quantitative estimate of drug-likeness (QED) is 0.571. The highest BCUT2D eigenvalue weighted by atomic mass is 32.2. The maximum absolute atomic E-state index is 12.5. The molecule has 0 aliphatic carbocycles. The smallest absolute Gasteiger partial charge is 0.337 e. The molecule has 0 aromatic rings. The Hall–Kier alpha value is -1.94. The third-order valence-corrected chi connectivity index (χ3v) is 5.28. The molecule has 0 saturated carbocycles. The SMILES string of the molecule is CCOC(=O)C1=C(C)N(NC(N)=O)C2(O)CSCC12C(=O)OC. The summed E-state index contributed by atoms with van der Waals surface area (Å²) in [5.41, 5.74) is 4.04. The van der Waals surface area contributed by atoms with Crippen molar-refractivity contribution < 1.29 is 29.0 Å². The first kappa shape index (κ1) is 17.4. The van der Waals surface area contributed by atoms with Crippen LogP contribution in [0.25, 0.3) is 0 Å². The Balaban J connectivity index is 2.65. The van der Waals surface area contributed by atoms with Gasteiger partial charge < -0.3 is 20.3 Å². The van der Waals surface area contributed by atoms with Crippen molar-refractivity contribution in [3.05, 3.63) is 11.3 Å². The van der Waals surface area contributed by atoms with E-state index in [-0.39, 0.29) is 29.4 Å². The van der Waals surface area contributed by atoms with Crippen LogP contribution in [-0.4, -0.2) is 59.0 Å². The number of thioether (sulfide) groups is 1. The number of esters is 2. The predicted molar refractivity (Wildman–Crippen MR) is 80.6 cm³/mol. The average Bonchev–Trinajstić information content (AvgIpc) is 2.90. The van der Waals surface area contributed by atoms with Gasteiger partial charge >= 0.3 is 18.0 Å². The Bertz CT molecular complexity index is 594. The first-order chi connectivity index (χ1) is 10.8. The van der Waals surface area contributed by atoms with Gasteiger partial charge in [-0.25, -0.2) is 15.0 Å². The van der Waals surface area contributed by atoms with Crippen molar-refractivity contribution in [2.75, 3.05) is 25.2 Å². The number of nitrogens with two attached hydrogens (primary N) is 1. The van der Waals surface area contributed by atoms with Crippen LogP contribution in [0, 0.1) is 5.41 Å². The van der Waals surface area contributed by atoms with E-state index in [1.165, 1.54) is 25.8 Å². The number of urea groups is 1. The van der Waals surface area contributed by atoms with Crippen molar-refractivity contribution in [2.45, 2.75) is 19.6 Å². The van der Waals surface area contributed by atoms with Crippen LogP contribution < -0.4 is 11.2 Å². The number of allylic oxidation sites excluding steroid dienone is 1. The van der Waals surface area contributed by atoms with E-state index in [2.05, 4.69) is 5.43 Å². The number of nitrogens with zero attached hydrogens (tertiary/aromatic N) is 1. The summed E-state index contributed by atoms with van der Waals surface area (Å²) >= 11 is 1.25. The second-order valence-electron chi connectivity index (χ2n) is 5.20. The number of ether oxygens (including phenoxy) is 2. The van der Waals surface area contributed by atoms with E-state index < -0.39 is 29.1 Å². The molecular formula is C13H19N3O6S. The zero-order chi connectivity index (χ0) is 17.4. The van der Waals surface area contributed by atoms with Crippen molar-refractivity contribution in [1.82, 2.24) is 10.4 Å². The molecule has 10 heteroatoms. The Morgan fingerprint density at radius 1 is 1.43 bits per heavy atom. The van der Waals surface area contributed by atoms with E-state index >= 15 is 0 Å². The molecular weight excluding hydrogens is 326 g/mol. The molecule has 2 amide bonds. The summed E-state index contributed by atoms with van der Waals surface area (Å²) in [7, 11) is 1.17. The number of carbonyl (C=O) groups excluding carboxylic acids is 3. The van der Waals surface area contributed by atoms with Crippen LogP contribution >= 0.6 is 11.8 Å². The Kier molecular flexibility index (Phi) is 4.49. The first-order valence-corrected chi connectivity index (χ1v) is 8.05. The van der Waals surface area contributed by atoms with Crippen molar-refractivity contribution in [3.63, 3.8) is 0 Å². The molecule has 2 aliphatic heterocycles. The average molecular weight is 345 g/mol. The molecule has 2 unspecified atom stereocenters. The van der Waals surface area contributed by atoms with Crippen LogP contribution in [-0.2, 0) is 19.1 Å². The number of methoxy groups -OCH3 is 1. The van der Waals surface area contributed by atoms with Crippen molar-refractivity contribution >= 4 is 29.7 Å². The molecule has 128 valence electrons. The van der Waals surface area contributed by atoms with Crippen LogP contribution in [0.1, 0.15) is 13.8 Å². The Labute approximate surface area is 137 Å². The zero-order valence-corrected chi connectivity index (χ0v) is 13.9. The number of amides is 2. The largest absolute Gasteiger partial charge is 0.468 e. The van der Waals surface area contributed by atoms with Gasteiger partial charge in [-0.05, 0) is 13.8 Å². The summed E-state index contributed by atoms with van der Waals surface area (Å²) in [6.07, 6.45) is 0. The molecule has 2 rings (SSSR count). The first-order valence-electron chi connectivity index (χ1n) is 6.89. The third-order valence-electron chi connectivity index (χ3n) is 4.03. The fourth-order valence-electron chi connectivity index (χ4n) is 3.12. The van der Waals surface area contributed by atoms with Gasteiger partial charge in [0, 0.05) is 17.2 Å². The molecule has 23 heavy (non-hydrogen) atoms. The molecule has 1 fully saturated rings. The van der Waals surface area contributed by atoms with E-state index in [1.54, 1.807) is 6.92 Å². The maximum Gasteiger partial charge on any atom is 0.337 e. The lowest BCUT2D eigenvalue weighted by Crippen LogP contribution is -2.64. The molecule has 0 spiro atoms. The summed E-state index contributed by atoms with van der Waals surface area (Å²) in [6.45, 7) is 3.22. The number of primary amides is 1. The second-order valence-corrected chi connectivity index (χ2v) is 6.18. The number of hydrogen-bond donors (Lipinski definition) is 3. The maximum atomic E-state index is 12.5. The van der Waals surface area contributed by atoms with Crippen LogP contribution in [0.4, 0.5) is 4.79 Å². The minimum atomic E-state index is -1.87. The number of hydrazine groups is 1.